The van der Waals surface area contributed by atoms with Crippen molar-refractivity contribution in [3.05, 3.63) is 65.5 Å². The number of hydrogen-bond donors (Lipinski definition) is 0. The van der Waals surface area contributed by atoms with Gasteiger partial charge in [0.15, 0.2) is 9.84 Å². The predicted molar refractivity (Wildman–Crippen MR) is 85.8 cm³/mol. The minimum absolute atomic E-state index is 0.0798. The summed E-state index contributed by atoms with van der Waals surface area (Å²) in [5.74, 6) is -1.84. The first-order valence-electron chi connectivity index (χ1n) is 7.39. The van der Waals surface area contributed by atoms with E-state index in [1.165, 1.54) is 24.3 Å². The van der Waals surface area contributed by atoms with Crippen LogP contribution in [0.4, 0.5) is 13.2 Å². The lowest BCUT2D eigenvalue weighted by Gasteiger charge is -2.17. The summed E-state index contributed by atoms with van der Waals surface area (Å²) in [6.07, 6.45) is 0.346. The molecule has 3 nitrogen and oxygen atoms in total. The Hall–Kier alpha value is -1.86. The SMILES string of the molecule is CN(CCCS(=O)(=O)c1ccc(F)cc1)Cc1ccc(F)cc1F. The zero-order valence-electron chi connectivity index (χ0n) is 13.2. The van der Waals surface area contributed by atoms with Crippen LogP contribution < -0.4 is 0 Å². The Morgan fingerprint density at radius 3 is 2.21 bits per heavy atom. The Balaban J connectivity index is 1.87. The van der Waals surface area contributed by atoms with E-state index in [2.05, 4.69) is 0 Å². The average molecular weight is 357 g/mol. The quantitative estimate of drug-likeness (QED) is 0.713. The standard InChI is InChI=1S/C17H18F3NO2S/c1-21(12-13-3-4-15(19)11-17(13)20)9-2-10-24(22,23)16-7-5-14(18)6-8-16/h3-8,11H,2,9-10,12H2,1H3. The van der Waals surface area contributed by atoms with E-state index in [4.69, 9.17) is 0 Å². The van der Waals surface area contributed by atoms with Crippen molar-refractivity contribution in [1.29, 1.82) is 0 Å². The van der Waals surface area contributed by atoms with Gasteiger partial charge in [-0.3, -0.25) is 0 Å². The van der Waals surface area contributed by atoms with E-state index >= 15 is 0 Å². The van der Waals surface area contributed by atoms with Crippen molar-refractivity contribution in [2.24, 2.45) is 0 Å². The van der Waals surface area contributed by atoms with Gasteiger partial charge in [-0.05, 0) is 50.3 Å². The highest BCUT2D eigenvalue weighted by Crippen LogP contribution is 2.14. The third-order valence-corrected chi connectivity index (χ3v) is 5.40. The molecule has 24 heavy (non-hydrogen) atoms. The van der Waals surface area contributed by atoms with Gasteiger partial charge < -0.3 is 4.90 Å². The normalized spacial score (nSPS) is 11.9. The third kappa shape index (κ3) is 5.07. The van der Waals surface area contributed by atoms with Crippen LogP contribution in [0.15, 0.2) is 47.4 Å². The molecule has 0 aromatic heterocycles. The van der Waals surface area contributed by atoms with E-state index in [0.29, 0.717) is 18.5 Å². The van der Waals surface area contributed by atoms with E-state index in [9.17, 15) is 21.6 Å². The van der Waals surface area contributed by atoms with Crippen LogP contribution in [0.5, 0.6) is 0 Å². The van der Waals surface area contributed by atoms with Gasteiger partial charge in [0.05, 0.1) is 10.6 Å². The molecule has 2 aromatic carbocycles. The van der Waals surface area contributed by atoms with Crippen LogP contribution in [0, 0.1) is 17.5 Å². The first kappa shape index (κ1) is 18.5. The summed E-state index contributed by atoms with van der Waals surface area (Å²) >= 11 is 0. The Morgan fingerprint density at radius 2 is 1.58 bits per heavy atom. The molecule has 0 fully saturated rings. The van der Waals surface area contributed by atoms with Gasteiger partial charge in [-0.2, -0.15) is 0 Å². The molecule has 0 aliphatic heterocycles. The number of halogens is 3. The number of rotatable bonds is 7. The molecular weight excluding hydrogens is 339 g/mol. The summed E-state index contributed by atoms with van der Waals surface area (Å²) in [6, 6.07) is 8.07. The summed E-state index contributed by atoms with van der Waals surface area (Å²) in [5.41, 5.74) is 0.347. The molecule has 0 heterocycles. The number of hydrogen-bond acceptors (Lipinski definition) is 3. The van der Waals surface area contributed by atoms with E-state index < -0.39 is 27.3 Å². The zero-order chi connectivity index (χ0) is 17.7. The van der Waals surface area contributed by atoms with Crippen molar-refractivity contribution in [1.82, 2.24) is 4.90 Å². The Bertz CT molecular complexity index is 792. The zero-order valence-corrected chi connectivity index (χ0v) is 14.0. The lowest BCUT2D eigenvalue weighted by atomic mass is 10.2. The predicted octanol–water partition coefficient (Wildman–Crippen LogP) is 3.40. The van der Waals surface area contributed by atoms with E-state index in [1.807, 2.05) is 0 Å². The van der Waals surface area contributed by atoms with Gasteiger partial charge in [0.25, 0.3) is 0 Å². The highest BCUT2D eigenvalue weighted by molar-refractivity contribution is 7.91. The third-order valence-electron chi connectivity index (χ3n) is 3.58. The highest BCUT2D eigenvalue weighted by Gasteiger charge is 2.15. The molecule has 0 amide bonds. The molecule has 0 N–H and O–H groups in total. The molecule has 0 saturated carbocycles. The van der Waals surface area contributed by atoms with E-state index in [0.717, 1.165) is 18.2 Å². The van der Waals surface area contributed by atoms with Crippen molar-refractivity contribution in [3.63, 3.8) is 0 Å². The smallest absolute Gasteiger partial charge is 0.178 e. The van der Waals surface area contributed by atoms with Crippen LogP contribution >= 0.6 is 0 Å². The van der Waals surface area contributed by atoms with Crippen LogP contribution in [0.1, 0.15) is 12.0 Å². The lowest BCUT2D eigenvalue weighted by molar-refractivity contribution is 0.322. The molecule has 0 unspecified atom stereocenters. The Kier molecular flexibility index (Phi) is 6.01. The molecule has 0 aliphatic carbocycles. The second kappa shape index (κ2) is 7.81. The topological polar surface area (TPSA) is 37.4 Å². The van der Waals surface area contributed by atoms with Gasteiger partial charge >= 0.3 is 0 Å². The molecule has 2 aromatic rings. The fourth-order valence-electron chi connectivity index (χ4n) is 2.30. The Morgan fingerprint density at radius 1 is 0.958 bits per heavy atom. The van der Waals surface area contributed by atoms with Crippen molar-refractivity contribution in [2.45, 2.75) is 17.9 Å². The van der Waals surface area contributed by atoms with Gasteiger partial charge in [-0.25, -0.2) is 21.6 Å². The largest absolute Gasteiger partial charge is 0.302 e. The summed E-state index contributed by atoms with van der Waals surface area (Å²) in [6.45, 7) is 0.681. The van der Waals surface area contributed by atoms with Crippen LogP contribution in [0.3, 0.4) is 0 Å². The molecule has 0 atom stereocenters. The minimum atomic E-state index is -3.48. The molecule has 7 heteroatoms. The monoisotopic (exact) mass is 357 g/mol. The number of nitrogens with zero attached hydrogens (tertiary/aromatic N) is 1. The second-order valence-corrected chi connectivity index (χ2v) is 7.71. The number of sulfone groups is 1. The first-order valence-corrected chi connectivity index (χ1v) is 9.04. The maximum absolute atomic E-state index is 13.6. The summed E-state index contributed by atoms with van der Waals surface area (Å²) in [5, 5.41) is 0. The Labute approximate surface area is 139 Å². The molecule has 130 valence electrons. The van der Waals surface area contributed by atoms with Crippen molar-refractivity contribution in [3.8, 4) is 0 Å². The first-order chi connectivity index (χ1) is 11.3. The van der Waals surface area contributed by atoms with Crippen molar-refractivity contribution in [2.75, 3.05) is 19.3 Å². The molecule has 0 aliphatic rings. The maximum Gasteiger partial charge on any atom is 0.178 e. The van der Waals surface area contributed by atoms with Crippen LogP contribution in [-0.2, 0) is 16.4 Å². The average Bonchev–Trinajstić information content (AvgIpc) is 2.50. The summed E-state index contributed by atoms with van der Waals surface area (Å²) in [7, 11) is -1.75. The van der Waals surface area contributed by atoms with Crippen molar-refractivity contribution >= 4 is 9.84 Å². The highest BCUT2D eigenvalue weighted by atomic mass is 32.2. The molecule has 0 spiro atoms. The molecular formula is C17H18F3NO2S. The fourth-order valence-corrected chi connectivity index (χ4v) is 3.60. The number of benzene rings is 2. The van der Waals surface area contributed by atoms with Gasteiger partial charge in [-0.1, -0.05) is 6.07 Å². The van der Waals surface area contributed by atoms with Crippen LogP contribution in [0.25, 0.3) is 0 Å². The summed E-state index contributed by atoms with van der Waals surface area (Å²) in [4.78, 5) is 1.84. The minimum Gasteiger partial charge on any atom is -0.302 e. The summed E-state index contributed by atoms with van der Waals surface area (Å²) < 4.78 is 63.6. The second-order valence-electron chi connectivity index (χ2n) is 5.60. The van der Waals surface area contributed by atoms with Gasteiger partial charge in [0, 0.05) is 18.2 Å². The van der Waals surface area contributed by atoms with Gasteiger partial charge in [-0.15, -0.1) is 0 Å². The molecule has 0 saturated heterocycles. The molecule has 0 bridgehead atoms. The molecule has 2 rings (SSSR count). The van der Waals surface area contributed by atoms with E-state index in [-0.39, 0.29) is 17.2 Å². The van der Waals surface area contributed by atoms with E-state index in [1.54, 1.807) is 11.9 Å². The molecule has 0 radical (unpaired) electrons. The maximum atomic E-state index is 13.6. The fraction of sp³-hybridized carbons (Fsp3) is 0.294. The van der Waals surface area contributed by atoms with Gasteiger partial charge in [0.2, 0.25) is 0 Å². The van der Waals surface area contributed by atoms with Crippen molar-refractivity contribution < 1.29 is 21.6 Å². The van der Waals surface area contributed by atoms with Crippen LogP contribution in [-0.4, -0.2) is 32.7 Å². The van der Waals surface area contributed by atoms with Gasteiger partial charge in [0.1, 0.15) is 17.5 Å². The lowest BCUT2D eigenvalue weighted by Crippen LogP contribution is -2.22. The van der Waals surface area contributed by atoms with Crippen LogP contribution in [0.2, 0.25) is 0 Å².